The summed E-state index contributed by atoms with van der Waals surface area (Å²) in [5, 5.41) is 11.0. The first-order chi connectivity index (χ1) is 9.45. The molecule has 0 aliphatic rings. The Morgan fingerprint density at radius 2 is 2.10 bits per heavy atom. The van der Waals surface area contributed by atoms with Gasteiger partial charge in [0, 0.05) is 22.9 Å². The number of benzene rings is 1. The Balaban J connectivity index is 2.30. The number of sulfonamides is 1. The van der Waals surface area contributed by atoms with Crippen molar-refractivity contribution in [2.75, 3.05) is 7.05 Å². The van der Waals surface area contributed by atoms with Gasteiger partial charge in [0.1, 0.15) is 0 Å². The monoisotopic (exact) mass is 375 g/mol. The number of aliphatic hydroxyl groups excluding tert-OH is 1. The van der Waals surface area contributed by atoms with Crippen LogP contribution in [0.2, 0.25) is 0 Å². The van der Waals surface area contributed by atoms with Crippen molar-refractivity contribution in [1.82, 2.24) is 4.31 Å². The predicted octanol–water partition coefficient (Wildman–Crippen LogP) is 2.82. The Morgan fingerprint density at radius 1 is 1.35 bits per heavy atom. The third-order valence-corrected chi connectivity index (χ3v) is 6.47. The lowest BCUT2D eigenvalue weighted by Gasteiger charge is -2.17. The molecule has 0 fully saturated rings. The molecule has 2 rings (SSSR count). The number of aliphatic hydroxyl groups is 1. The molecule has 0 aliphatic carbocycles. The average Bonchev–Trinajstić information content (AvgIpc) is 2.91. The maximum atomic E-state index is 12.5. The van der Waals surface area contributed by atoms with Gasteiger partial charge in [0.15, 0.2) is 0 Å². The van der Waals surface area contributed by atoms with Gasteiger partial charge < -0.3 is 5.11 Å². The maximum absolute atomic E-state index is 12.5. The summed E-state index contributed by atoms with van der Waals surface area (Å²) in [6, 6.07) is 8.53. The topological polar surface area (TPSA) is 57.6 Å². The van der Waals surface area contributed by atoms with Gasteiger partial charge in [-0.15, -0.1) is 11.3 Å². The molecule has 0 radical (unpaired) electrons. The second-order valence-corrected chi connectivity index (χ2v) is 8.16. The molecule has 1 heterocycles. The summed E-state index contributed by atoms with van der Waals surface area (Å²) < 4.78 is 26.8. The van der Waals surface area contributed by atoms with Crippen molar-refractivity contribution in [2.45, 2.75) is 18.0 Å². The quantitative estimate of drug-likeness (QED) is 0.873. The standard InChI is InChI=1S/C13H14BrNO3S2/c1-15(8-11-3-2-6-19-11)20(17,18)13-5-4-10(9-16)7-12(13)14/h2-7,16H,8-9H2,1H3. The van der Waals surface area contributed by atoms with Gasteiger partial charge in [-0.05, 0) is 45.1 Å². The molecule has 1 aromatic heterocycles. The van der Waals surface area contributed by atoms with Crippen molar-refractivity contribution < 1.29 is 13.5 Å². The molecule has 0 bridgehead atoms. The highest BCUT2D eigenvalue weighted by Crippen LogP contribution is 2.27. The smallest absolute Gasteiger partial charge is 0.244 e. The molecule has 0 spiro atoms. The second-order valence-electron chi connectivity index (χ2n) is 4.26. The van der Waals surface area contributed by atoms with Gasteiger partial charge in [-0.3, -0.25) is 0 Å². The van der Waals surface area contributed by atoms with Gasteiger partial charge in [0.05, 0.1) is 11.5 Å². The summed E-state index contributed by atoms with van der Waals surface area (Å²) in [6.45, 7) is 0.220. The molecular formula is C13H14BrNO3S2. The van der Waals surface area contributed by atoms with Gasteiger partial charge in [0.2, 0.25) is 10.0 Å². The molecular weight excluding hydrogens is 362 g/mol. The minimum absolute atomic E-state index is 0.121. The first-order valence-electron chi connectivity index (χ1n) is 5.83. The van der Waals surface area contributed by atoms with E-state index in [1.165, 1.54) is 21.7 Å². The molecule has 4 nitrogen and oxygen atoms in total. The number of halogens is 1. The van der Waals surface area contributed by atoms with E-state index in [0.29, 0.717) is 16.6 Å². The summed E-state index contributed by atoms with van der Waals surface area (Å²) >= 11 is 4.78. The number of thiophene rings is 1. The van der Waals surface area contributed by atoms with E-state index in [1.807, 2.05) is 17.5 Å². The fourth-order valence-corrected chi connectivity index (χ4v) is 4.80. The van der Waals surface area contributed by atoms with Crippen molar-refractivity contribution in [1.29, 1.82) is 0 Å². The van der Waals surface area contributed by atoms with E-state index in [0.717, 1.165) is 4.88 Å². The molecule has 20 heavy (non-hydrogen) atoms. The normalized spacial score (nSPS) is 12.0. The molecule has 0 unspecified atom stereocenters. The summed E-state index contributed by atoms with van der Waals surface area (Å²) in [5.41, 5.74) is 0.664. The first kappa shape index (κ1) is 15.7. The average molecular weight is 376 g/mol. The number of hydrogen-bond donors (Lipinski definition) is 1. The van der Waals surface area contributed by atoms with Crippen LogP contribution in [-0.2, 0) is 23.2 Å². The van der Waals surface area contributed by atoms with Gasteiger partial charge in [-0.25, -0.2) is 8.42 Å². The molecule has 0 saturated heterocycles. The van der Waals surface area contributed by atoms with Gasteiger partial charge in [0.25, 0.3) is 0 Å². The summed E-state index contributed by atoms with van der Waals surface area (Å²) in [7, 11) is -2.00. The molecule has 7 heteroatoms. The zero-order valence-electron chi connectivity index (χ0n) is 10.8. The van der Waals surface area contributed by atoms with Crippen molar-refractivity contribution >= 4 is 37.3 Å². The van der Waals surface area contributed by atoms with Gasteiger partial charge in [-0.1, -0.05) is 12.1 Å². The largest absolute Gasteiger partial charge is 0.392 e. The highest BCUT2D eigenvalue weighted by atomic mass is 79.9. The Kier molecular flexibility index (Phi) is 4.98. The fourth-order valence-electron chi connectivity index (χ4n) is 1.73. The van der Waals surface area contributed by atoms with Crippen LogP contribution < -0.4 is 0 Å². The lowest BCUT2D eigenvalue weighted by molar-refractivity contribution is 0.281. The van der Waals surface area contributed by atoms with Crippen LogP contribution in [0.1, 0.15) is 10.4 Å². The highest BCUT2D eigenvalue weighted by molar-refractivity contribution is 9.10. The lowest BCUT2D eigenvalue weighted by Crippen LogP contribution is -2.26. The second kappa shape index (κ2) is 6.36. The zero-order chi connectivity index (χ0) is 14.8. The van der Waals surface area contributed by atoms with Crippen molar-refractivity contribution in [2.24, 2.45) is 0 Å². The van der Waals surface area contributed by atoms with E-state index in [4.69, 9.17) is 5.11 Å². The van der Waals surface area contributed by atoms with E-state index in [1.54, 1.807) is 19.2 Å². The summed E-state index contributed by atoms with van der Waals surface area (Å²) in [5.74, 6) is 0. The molecule has 2 aromatic rings. The van der Waals surface area contributed by atoms with Crippen LogP contribution in [0.3, 0.4) is 0 Å². The minimum atomic E-state index is -3.56. The number of hydrogen-bond acceptors (Lipinski definition) is 4. The van der Waals surface area contributed by atoms with E-state index in [2.05, 4.69) is 15.9 Å². The van der Waals surface area contributed by atoms with Crippen molar-refractivity contribution in [3.05, 3.63) is 50.6 Å². The lowest BCUT2D eigenvalue weighted by atomic mass is 10.2. The summed E-state index contributed by atoms with van der Waals surface area (Å²) in [4.78, 5) is 1.19. The van der Waals surface area contributed by atoms with Crippen LogP contribution in [-0.4, -0.2) is 24.9 Å². The van der Waals surface area contributed by atoms with Crippen LogP contribution in [0, 0.1) is 0 Å². The predicted molar refractivity (Wildman–Crippen MR) is 83.0 cm³/mol. The third-order valence-electron chi connectivity index (χ3n) is 2.83. The number of rotatable bonds is 5. The molecule has 0 atom stereocenters. The molecule has 0 saturated carbocycles. The third kappa shape index (κ3) is 3.29. The molecule has 0 amide bonds. The molecule has 108 valence electrons. The molecule has 0 aliphatic heterocycles. The molecule has 1 N–H and O–H groups in total. The van der Waals surface area contributed by atoms with Gasteiger partial charge in [-0.2, -0.15) is 4.31 Å². The highest BCUT2D eigenvalue weighted by Gasteiger charge is 2.23. The number of nitrogens with zero attached hydrogens (tertiary/aromatic N) is 1. The van der Waals surface area contributed by atoms with E-state index in [9.17, 15) is 8.42 Å². The Morgan fingerprint density at radius 3 is 2.65 bits per heavy atom. The SMILES string of the molecule is CN(Cc1cccs1)S(=O)(=O)c1ccc(CO)cc1Br. The van der Waals surface area contributed by atoms with Crippen molar-refractivity contribution in [3.8, 4) is 0 Å². The first-order valence-corrected chi connectivity index (χ1v) is 8.94. The Hall–Kier alpha value is -0.730. The van der Waals surface area contributed by atoms with Crippen LogP contribution in [0.25, 0.3) is 0 Å². The van der Waals surface area contributed by atoms with Gasteiger partial charge >= 0.3 is 0 Å². The minimum Gasteiger partial charge on any atom is -0.392 e. The van der Waals surface area contributed by atoms with Crippen LogP contribution in [0.15, 0.2) is 45.1 Å². The Labute approximate surface area is 130 Å². The fraction of sp³-hybridized carbons (Fsp3) is 0.231. The van der Waals surface area contributed by atoms with Crippen molar-refractivity contribution in [3.63, 3.8) is 0 Å². The van der Waals surface area contributed by atoms with E-state index >= 15 is 0 Å². The van der Waals surface area contributed by atoms with E-state index < -0.39 is 10.0 Å². The molecule has 1 aromatic carbocycles. The zero-order valence-corrected chi connectivity index (χ0v) is 14.0. The van der Waals surface area contributed by atoms with Crippen LogP contribution in [0.5, 0.6) is 0 Å². The van der Waals surface area contributed by atoms with E-state index in [-0.39, 0.29) is 11.5 Å². The van der Waals surface area contributed by atoms with Crippen LogP contribution >= 0.6 is 27.3 Å². The van der Waals surface area contributed by atoms with Crippen LogP contribution in [0.4, 0.5) is 0 Å². The summed E-state index contributed by atoms with van der Waals surface area (Å²) in [6.07, 6.45) is 0. The maximum Gasteiger partial charge on any atom is 0.244 e. The Bertz CT molecular complexity index is 684.